The third-order valence-corrected chi connectivity index (χ3v) is 4.04. The summed E-state index contributed by atoms with van der Waals surface area (Å²) in [6, 6.07) is 5.49. The summed E-state index contributed by atoms with van der Waals surface area (Å²) in [7, 11) is 0. The van der Waals surface area contributed by atoms with Crippen molar-refractivity contribution in [2.24, 2.45) is 0 Å². The zero-order valence-electron chi connectivity index (χ0n) is 11.7. The lowest BCUT2D eigenvalue weighted by Gasteiger charge is -2.18. The van der Waals surface area contributed by atoms with Crippen molar-refractivity contribution in [2.75, 3.05) is 6.61 Å². The van der Waals surface area contributed by atoms with Crippen LogP contribution in [0.2, 0.25) is 5.02 Å². The summed E-state index contributed by atoms with van der Waals surface area (Å²) in [6.07, 6.45) is 1.54. The minimum atomic E-state index is -0.648. The number of benzene rings is 1. The van der Waals surface area contributed by atoms with Gasteiger partial charge in [0.15, 0.2) is 11.9 Å². The van der Waals surface area contributed by atoms with Gasteiger partial charge in [-0.1, -0.05) is 18.5 Å². The molecule has 0 saturated carbocycles. The Morgan fingerprint density at radius 1 is 1.48 bits per heavy atom. The van der Waals surface area contributed by atoms with Gasteiger partial charge in [0.25, 0.3) is 0 Å². The molecule has 0 bridgehead atoms. The number of pyridine rings is 1. The van der Waals surface area contributed by atoms with Gasteiger partial charge in [-0.15, -0.1) is 0 Å². The minimum Gasteiger partial charge on any atom is -0.475 e. The Balaban J connectivity index is 2.44. The van der Waals surface area contributed by atoms with Gasteiger partial charge < -0.3 is 9.47 Å². The van der Waals surface area contributed by atoms with Gasteiger partial charge in [-0.25, -0.2) is 4.79 Å². The van der Waals surface area contributed by atoms with Gasteiger partial charge in [-0.3, -0.25) is 4.98 Å². The topological polar surface area (TPSA) is 48.4 Å². The van der Waals surface area contributed by atoms with Crippen LogP contribution in [-0.4, -0.2) is 23.7 Å². The fourth-order valence-electron chi connectivity index (χ4n) is 1.93. The second-order valence-corrected chi connectivity index (χ2v) is 5.91. The van der Waals surface area contributed by atoms with Gasteiger partial charge >= 0.3 is 5.97 Å². The standard InChI is InChI=1S/C15H15ClINO3/c1-3-12(15(19)20-4-2)21-14-11(17)8-10(16)9-6-5-7-18-13(9)14/h5-8,12H,3-4H2,1-2H3. The van der Waals surface area contributed by atoms with Gasteiger partial charge in [-0.2, -0.15) is 0 Å². The number of hydrogen-bond donors (Lipinski definition) is 0. The Morgan fingerprint density at radius 3 is 2.90 bits per heavy atom. The molecule has 1 aromatic heterocycles. The third kappa shape index (κ3) is 3.58. The molecular formula is C15H15ClINO3. The quantitative estimate of drug-likeness (QED) is 0.538. The van der Waals surface area contributed by atoms with Gasteiger partial charge in [0.1, 0.15) is 5.52 Å². The third-order valence-electron chi connectivity index (χ3n) is 2.93. The van der Waals surface area contributed by atoms with Crippen molar-refractivity contribution < 1.29 is 14.3 Å². The van der Waals surface area contributed by atoms with Crippen LogP contribution in [0.25, 0.3) is 10.9 Å². The maximum absolute atomic E-state index is 11.9. The van der Waals surface area contributed by atoms with Crippen molar-refractivity contribution in [1.82, 2.24) is 4.98 Å². The first-order valence-corrected chi connectivity index (χ1v) is 8.10. The highest BCUT2D eigenvalue weighted by Crippen LogP contribution is 2.35. The van der Waals surface area contributed by atoms with E-state index in [4.69, 9.17) is 21.1 Å². The maximum atomic E-state index is 11.9. The summed E-state index contributed by atoms with van der Waals surface area (Å²) in [5, 5.41) is 1.41. The molecule has 4 nitrogen and oxygen atoms in total. The fourth-order valence-corrected chi connectivity index (χ4v) is 3.07. The second kappa shape index (κ2) is 7.26. The molecule has 0 spiro atoms. The van der Waals surface area contributed by atoms with E-state index >= 15 is 0 Å². The van der Waals surface area contributed by atoms with Crippen LogP contribution in [0, 0.1) is 3.57 Å². The van der Waals surface area contributed by atoms with E-state index in [-0.39, 0.29) is 5.97 Å². The number of rotatable bonds is 5. The maximum Gasteiger partial charge on any atom is 0.347 e. The van der Waals surface area contributed by atoms with Gasteiger partial charge in [-0.05, 0) is 54.1 Å². The summed E-state index contributed by atoms with van der Waals surface area (Å²) in [5.41, 5.74) is 0.650. The van der Waals surface area contributed by atoms with Gasteiger partial charge in [0, 0.05) is 11.6 Å². The molecule has 0 amide bonds. The van der Waals surface area contributed by atoms with Crippen molar-refractivity contribution in [3.63, 3.8) is 0 Å². The monoisotopic (exact) mass is 419 g/mol. The molecule has 0 fully saturated rings. The van der Waals surface area contributed by atoms with Crippen molar-refractivity contribution >= 4 is 51.1 Å². The number of nitrogens with zero attached hydrogens (tertiary/aromatic N) is 1. The lowest BCUT2D eigenvalue weighted by atomic mass is 10.2. The molecule has 0 radical (unpaired) electrons. The normalized spacial score (nSPS) is 12.2. The molecule has 6 heteroatoms. The van der Waals surface area contributed by atoms with E-state index in [0.29, 0.717) is 29.3 Å². The molecule has 21 heavy (non-hydrogen) atoms. The van der Waals surface area contributed by atoms with E-state index in [1.165, 1.54) is 0 Å². The molecule has 2 rings (SSSR count). The predicted octanol–water partition coefficient (Wildman–Crippen LogP) is 4.21. The first-order valence-electron chi connectivity index (χ1n) is 6.64. The number of fused-ring (bicyclic) bond motifs is 1. The number of hydrogen-bond acceptors (Lipinski definition) is 4. The van der Waals surface area contributed by atoms with Crippen LogP contribution >= 0.6 is 34.2 Å². The first-order chi connectivity index (χ1) is 10.1. The highest BCUT2D eigenvalue weighted by atomic mass is 127. The highest BCUT2D eigenvalue weighted by Gasteiger charge is 2.23. The van der Waals surface area contributed by atoms with E-state index < -0.39 is 6.10 Å². The minimum absolute atomic E-state index is 0.329. The SMILES string of the molecule is CCOC(=O)C(CC)Oc1c(I)cc(Cl)c2cccnc12. The molecule has 0 aliphatic rings. The average Bonchev–Trinajstić information content (AvgIpc) is 2.47. The van der Waals surface area contributed by atoms with E-state index in [1.807, 2.05) is 19.1 Å². The molecule has 1 aromatic carbocycles. The molecule has 0 N–H and O–H groups in total. The summed E-state index contributed by atoms with van der Waals surface area (Å²) in [5.74, 6) is 0.199. The van der Waals surface area contributed by atoms with Gasteiger partial charge in [0.05, 0.1) is 15.2 Å². The number of halogens is 2. The zero-order valence-corrected chi connectivity index (χ0v) is 14.6. The van der Waals surface area contributed by atoms with Crippen LogP contribution in [0.1, 0.15) is 20.3 Å². The second-order valence-electron chi connectivity index (χ2n) is 4.34. The van der Waals surface area contributed by atoms with Crippen LogP contribution in [0.5, 0.6) is 5.75 Å². The smallest absolute Gasteiger partial charge is 0.347 e. The largest absolute Gasteiger partial charge is 0.475 e. The molecule has 2 aromatic rings. The summed E-state index contributed by atoms with van der Waals surface area (Å²) in [6.45, 7) is 3.98. The Labute approximate surface area is 141 Å². The first kappa shape index (κ1) is 16.3. The molecule has 112 valence electrons. The average molecular weight is 420 g/mol. The number of carbonyl (C=O) groups is 1. The Kier molecular flexibility index (Phi) is 5.64. The number of esters is 1. The van der Waals surface area contributed by atoms with Crippen molar-refractivity contribution in [3.05, 3.63) is 33.0 Å². The van der Waals surface area contributed by atoms with Crippen LogP contribution in [0.3, 0.4) is 0 Å². The predicted molar refractivity (Wildman–Crippen MR) is 90.8 cm³/mol. The molecule has 1 atom stereocenters. The lowest BCUT2D eigenvalue weighted by molar-refractivity contribution is -0.151. The zero-order chi connectivity index (χ0) is 15.4. The number of aromatic nitrogens is 1. The van der Waals surface area contributed by atoms with Crippen LogP contribution in [0.4, 0.5) is 0 Å². The Hall–Kier alpha value is -1.08. The van der Waals surface area contributed by atoms with Crippen molar-refractivity contribution in [3.8, 4) is 5.75 Å². The Bertz CT molecular complexity index is 663. The highest BCUT2D eigenvalue weighted by molar-refractivity contribution is 14.1. The summed E-state index contributed by atoms with van der Waals surface area (Å²) in [4.78, 5) is 16.2. The van der Waals surface area contributed by atoms with Crippen molar-refractivity contribution in [2.45, 2.75) is 26.4 Å². The van der Waals surface area contributed by atoms with E-state index in [2.05, 4.69) is 27.6 Å². The van der Waals surface area contributed by atoms with Crippen molar-refractivity contribution in [1.29, 1.82) is 0 Å². The van der Waals surface area contributed by atoms with E-state index in [0.717, 1.165) is 8.96 Å². The molecule has 0 saturated heterocycles. The molecule has 0 aliphatic heterocycles. The lowest BCUT2D eigenvalue weighted by Crippen LogP contribution is -2.29. The molecule has 1 unspecified atom stereocenters. The fraction of sp³-hybridized carbons (Fsp3) is 0.333. The van der Waals surface area contributed by atoms with Crippen LogP contribution in [-0.2, 0) is 9.53 Å². The van der Waals surface area contributed by atoms with E-state index in [9.17, 15) is 4.79 Å². The van der Waals surface area contributed by atoms with Crippen LogP contribution in [0.15, 0.2) is 24.4 Å². The summed E-state index contributed by atoms with van der Waals surface area (Å²) >= 11 is 8.35. The molecule has 0 aliphatic carbocycles. The van der Waals surface area contributed by atoms with Gasteiger partial charge in [0.2, 0.25) is 0 Å². The number of ether oxygens (including phenoxy) is 2. The molecular weight excluding hydrogens is 405 g/mol. The summed E-state index contributed by atoms with van der Waals surface area (Å²) < 4.78 is 11.7. The van der Waals surface area contributed by atoms with E-state index in [1.54, 1.807) is 19.2 Å². The molecule has 1 heterocycles. The van der Waals surface area contributed by atoms with Crippen LogP contribution < -0.4 is 4.74 Å². The Morgan fingerprint density at radius 2 is 2.24 bits per heavy atom. The number of carbonyl (C=O) groups excluding carboxylic acids is 1.